The molecule has 0 saturated heterocycles. The first-order chi connectivity index (χ1) is 11.8. The Balaban J connectivity index is 4.22. The third-order valence-electron chi connectivity index (χ3n) is 4.88. The van der Waals surface area contributed by atoms with Gasteiger partial charge in [0.2, 0.25) is 0 Å². The van der Waals surface area contributed by atoms with E-state index in [1.54, 1.807) is 0 Å². The standard InChI is InChI=1S/C25H40/c1-9-21(4)15-13-11-10-12-14-16-22(5)24(7)19-25(8)23(6)18-17-20(2)3/h10-13,15,18,22,25H,2,7,9,14,16-17,19H2,1,3-6,8H3/b12-10+,13-11+,21-15+,23-18+. The molecule has 0 aliphatic rings. The zero-order valence-electron chi connectivity index (χ0n) is 17.6. The maximum Gasteiger partial charge on any atom is -0.0142 e. The fourth-order valence-corrected chi connectivity index (χ4v) is 2.42. The van der Waals surface area contributed by atoms with E-state index >= 15 is 0 Å². The van der Waals surface area contributed by atoms with E-state index in [1.165, 1.54) is 28.7 Å². The lowest BCUT2D eigenvalue weighted by Crippen LogP contribution is -2.05. The Labute approximate surface area is 157 Å². The lowest BCUT2D eigenvalue weighted by Gasteiger charge is -2.19. The molecule has 25 heavy (non-hydrogen) atoms. The van der Waals surface area contributed by atoms with Gasteiger partial charge in [-0.1, -0.05) is 92.7 Å². The van der Waals surface area contributed by atoms with Gasteiger partial charge in [-0.3, -0.25) is 0 Å². The highest BCUT2D eigenvalue weighted by molar-refractivity contribution is 5.15. The van der Waals surface area contributed by atoms with E-state index in [9.17, 15) is 0 Å². The summed E-state index contributed by atoms with van der Waals surface area (Å²) in [6, 6.07) is 0. The number of hydrogen-bond donors (Lipinski definition) is 0. The van der Waals surface area contributed by atoms with Crippen LogP contribution < -0.4 is 0 Å². The van der Waals surface area contributed by atoms with E-state index in [0.29, 0.717) is 11.8 Å². The van der Waals surface area contributed by atoms with E-state index in [1.807, 2.05) is 0 Å². The molecule has 0 heteroatoms. The molecule has 0 aromatic carbocycles. The average molecular weight is 341 g/mol. The third kappa shape index (κ3) is 12.5. The molecule has 0 aromatic heterocycles. The monoisotopic (exact) mass is 340 g/mol. The van der Waals surface area contributed by atoms with E-state index in [4.69, 9.17) is 0 Å². The Bertz CT molecular complexity index is 522. The molecule has 0 fully saturated rings. The van der Waals surface area contributed by atoms with Crippen LogP contribution in [0, 0.1) is 11.8 Å². The minimum Gasteiger partial charge on any atom is -0.0998 e. The molecular formula is C25H40. The molecule has 0 aliphatic heterocycles. The predicted octanol–water partition coefficient (Wildman–Crippen LogP) is 8.37. The summed E-state index contributed by atoms with van der Waals surface area (Å²) in [6.07, 6.45) is 18.6. The molecule has 0 saturated carbocycles. The fraction of sp³-hybridized carbons (Fsp3) is 0.520. The lowest BCUT2D eigenvalue weighted by molar-refractivity contribution is 0.553. The van der Waals surface area contributed by atoms with Gasteiger partial charge in [0.25, 0.3) is 0 Å². The summed E-state index contributed by atoms with van der Waals surface area (Å²) in [5.41, 5.74) is 5.47. The Kier molecular flexibility index (Phi) is 12.8. The fourth-order valence-electron chi connectivity index (χ4n) is 2.42. The number of rotatable bonds is 12. The van der Waals surface area contributed by atoms with Crippen LogP contribution in [0.15, 0.2) is 71.9 Å². The van der Waals surface area contributed by atoms with Crippen LogP contribution in [0.1, 0.15) is 73.6 Å². The van der Waals surface area contributed by atoms with Gasteiger partial charge < -0.3 is 0 Å². The average Bonchev–Trinajstić information content (AvgIpc) is 2.57. The van der Waals surface area contributed by atoms with Crippen molar-refractivity contribution in [2.75, 3.05) is 0 Å². The molecule has 0 amide bonds. The minimum absolute atomic E-state index is 0.571. The van der Waals surface area contributed by atoms with Crippen LogP contribution in [0.4, 0.5) is 0 Å². The number of hydrogen-bond acceptors (Lipinski definition) is 0. The molecule has 0 N–H and O–H groups in total. The molecule has 0 nitrogen and oxygen atoms in total. The van der Waals surface area contributed by atoms with Crippen LogP contribution in [0.25, 0.3) is 0 Å². The van der Waals surface area contributed by atoms with Crippen LogP contribution in [-0.2, 0) is 0 Å². The Morgan fingerprint density at radius 1 is 0.960 bits per heavy atom. The van der Waals surface area contributed by atoms with E-state index in [0.717, 1.165) is 25.7 Å². The van der Waals surface area contributed by atoms with Crippen LogP contribution in [-0.4, -0.2) is 0 Å². The van der Waals surface area contributed by atoms with Gasteiger partial charge in [-0.15, -0.1) is 0 Å². The van der Waals surface area contributed by atoms with Gasteiger partial charge in [-0.05, 0) is 64.7 Å². The summed E-state index contributed by atoms with van der Waals surface area (Å²) in [6.45, 7) is 21.6. The molecular weight excluding hydrogens is 300 g/mol. The summed E-state index contributed by atoms with van der Waals surface area (Å²) in [7, 11) is 0. The maximum absolute atomic E-state index is 4.34. The van der Waals surface area contributed by atoms with Gasteiger partial charge in [0.15, 0.2) is 0 Å². The normalized spacial score (nSPS) is 15.8. The zero-order chi connectivity index (χ0) is 19.2. The van der Waals surface area contributed by atoms with Crippen LogP contribution in [0.3, 0.4) is 0 Å². The van der Waals surface area contributed by atoms with E-state index in [2.05, 4.69) is 91.2 Å². The second kappa shape index (κ2) is 13.7. The third-order valence-corrected chi connectivity index (χ3v) is 4.88. The minimum atomic E-state index is 0.571. The van der Waals surface area contributed by atoms with Crippen molar-refractivity contribution in [3.63, 3.8) is 0 Å². The molecule has 0 rings (SSSR count). The van der Waals surface area contributed by atoms with Crippen molar-refractivity contribution in [3.05, 3.63) is 71.9 Å². The lowest BCUT2D eigenvalue weighted by atomic mass is 9.87. The highest BCUT2D eigenvalue weighted by Gasteiger charge is 2.11. The van der Waals surface area contributed by atoms with Crippen LogP contribution in [0.5, 0.6) is 0 Å². The molecule has 140 valence electrons. The highest BCUT2D eigenvalue weighted by Crippen LogP contribution is 2.26. The van der Waals surface area contributed by atoms with E-state index in [-0.39, 0.29) is 0 Å². The Morgan fingerprint density at radius 3 is 2.24 bits per heavy atom. The topological polar surface area (TPSA) is 0 Å². The van der Waals surface area contributed by atoms with Crippen LogP contribution >= 0.6 is 0 Å². The zero-order valence-corrected chi connectivity index (χ0v) is 17.6. The van der Waals surface area contributed by atoms with Gasteiger partial charge >= 0.3 is 0 Å². The Morgan fingerprint density at radius 2 is 1.64 bits per heavy atom. The van der Waals surface area contributed by atoms with Crippen molar-refractivity contribution in [2.24, 2.45) is 11.8 Å². The SMILES string of the molecule is C=C(C)C/C=C(\C)C(C)CC(=C)C(C)CC/C=C/C=C/C=C(\C)CC. The molecule has 0 aromatic rings. The summed E-state index contributed by atoms with van der Waals surface area (Å²) >= 11 is 0. The molecule has 0 bridgehead atoms. The molecule has 0 heterocycles. The van der Waals surface area contributed by atoms with Gasteiger partial charge in [-0.25, -0.2) is 0 Å². The van der Waals surface area contributed by atoms with Crippen molar-refractivity contribution >= 4 is 0 Å². The summed E-state index contributed by atoms with van der Waals surface area (Å²) in [5, 5.41) is 0. The van der Waals surface area contributed by atoms with Crippen LogP contribution in [0.2, 0.25) is 0 Å². The van der Waals surface area contributed by atoms with Gasteiger partial charge in [0.05, 0.1) is 0 Å². The molecule has 2 unspecified atom stereocenters. The van der Waals surface area contributed by atoms with Crippen molar-refractivity contribution in [1.29, 1.82) is 0 Å². The molecule has 0 radical (unpaired) electrons. The van der Waals surface area contributed by atoms with Gasteiger partial charge in [0, 0.05) is 0 Å². The van der Waals surface area contributed by atoms with Crippen molar-refractivity contribution in [2.45, 2.75) is 73.6 Å². The Hall–Kier alpha value is -1.56. The molecule has 2 atom stereocenters. The van der Waals surface area contributed by atoms with Gasteiger partial charge in [-0.2, -0.15) is 0 Å². The number of allylic oxidation sites excluding steroid dienone is 10. The van der Waals surface area contributed by atoms with E-state index < -0.39 is 0 Å². The first-order valence-corrected chi connectivity index (χ1v) is 9.75. The highest BCUT2D eigenvalue weighted by atomic mass is 14.2. The first-order valence-electron chi connectivity index (χ1n) is 9.75. The largest absolute Gasteiger partial charge is 0.0998 e. The predicted molar refractivity (Wildman–Crippen MR) is 117 cm³/mol. The summed E-state index contributed by atoms with van der Waals surface area (Å²) in [5.74, 6) is 1.15. The molecule has 0 spiro atoms. The van der Waals surface area contributed by atoms with Crippen molar-refractivity contribution in [3.8, 4) is 0 Å². The summed E-state index contributed by atoms with van der Waals surface area (Å²) in [4.78, 5) is 0. The quantitative estimate of drug-likeness (QED) is 0.247. The van der Waals surface area contributed by atoms with Crippen molar-refractivity contribution in [1.82, 2.24) is 0 Å². The molecule has 0 aliphatic carbocycles. The maximum atomic E-state index is 4.34. The van der Waals surface area contributed by atoms with Gasteiger partial charge in [0.1, 0.15) is 0 Å². The van der Waals surface area contributed by atoms with Crippen molar-refractivity contribution < 1.29 is 0 Å². The second-order valence-electron chi connectivity index (χ2n) is 7.53. The smallest absolute Gasteiger partial charge is 0.0142 e. The second-order valence-corrected chi connectivity index (χ2v) is 7.53. The summed E-state index contributed by atoms with van der Waals surface area (Å²) < 4.78 is 0. The first kappa shape index (κ1) is 23.4.